The van der Waals surface area contributed by atoms with E-state index in [1.807, 2.05) is 18.2 Å². The van der Waals surface area contributed by atoms with Crippen molar-refractivity contribution in [2.45, 2.75) is 25.8 Å². The summed E-state index contributed by atoms with van der Waals surface area (Å²) in [6.07, 6.45) is 4.53. The van der Waals surface area contributed by atoms with E-state index in [0.29, 0.717) is 12.3 Å². The van der Waals surface area contributed by atoms with E-state index >= 15 is 0 Å². The van der Waals surface area contributed by atoms with Crippen LogP contribution in [0.1, 0.15) is 25.0 Å². The van der Waals surface area contributed by atoms with Crippen molar-refractivity contribution < 1.29 is 13.9 Å². The van der Waals surface area contributed by atoms with Gasteiger partial charge in [-0.25, -0.2) is 0 Å². The third kappa shape index (κ3) is 5.80. The molecule has 0 spiro atoms. The van der Waals surface area contributed by atoms with Gasteiger partial charge in [0, 0.05) is 56.0 Å². The van der Waals surface area contributed by atoms with Crippen LogP contribution in [0.5, 0.6) is 5.75 Å². The number of piperazine rings is 1. The molecule has 2 saturated heterocycles. The first-order chi connectivity index (χ1) is 15.1. The lowest BCUT2D eigenvalue weighted by Gasteiger charge is -2.35. The van der Waals surface area contributed by atoms with Gasteiger partial charge >= 0.3 is 0 Å². The van der Waals surface area contributed by atoms with Crippen LogP contribution in [0.3, 0.4) is 0 Å². The fraction of sp³-hybridized carbons (Fsp3) is 0.478. The van der Waals surface area contributed by atoms with E-state index in [2.05, 4.69) is 15.9 Å². The average Bonchev–Trinajstić information content (AvgIpc) is 2.79. The third-order valence-corrected chi connectivity index (χ3v) is 6.07. The van der Waals surface area contributed by atoms with E-state index in [9.17, 15) is 9.59 Å². The minimum atomic E-state index is -0.259. The highest BCUT2D eigenvalue weighted by molar-refractivity contribution is 6.30. The highest BCUT2D eigenvalue weighted by Gasteiger charge is 2.20. The van der Waals surface area contributed by atoms with Gasteiger partial charge in [0.25, 0.3) is 5.91 Å². The summed E-state index contributed by atoms with van der Waals surface area (Å²) in [6, 6.07) is 9.34. The van der Waals surface area contributed by atoms with Gasteiger partial charge < -0.3 is 19.0 Å². The van der Waals surface area contributed by atoms with Gasteiger partial charge in [0.2, 0.25) is 11.2 Å². The van der Waals surface area contributed by atoms with Crippen LogP contribution in [0.25, 0.3) is 0 Å². The molecular weight excluding hydrogens is 418 g/mol. The second-order valence-electron chi connectivity index (χ2n) is 8.05. The van der Waals surface area contributed by atoms with E-state index in [1.165, 1.54) is 12.3 Å². The number of halogens is 1. The number of likely N-dealkylation sites (tertiary alicyclic amines) is 1. The Labute approximate surface area is 187 Å². The number of piperidine rings is 1. The summed E-state index contributed by atoms with van der Waals surface area (Å²) in [5.41, 5.74) is 0.865. The molecule has 2 aliphatic heterocycles. The van der Waals surface area contributed by atoms with Gasteiger partial charge in [0.1, 0.15) is 12.0 Å². The Morgan fingerprint density at radius 2 is 1.81 bits per heavy atom. The predicted octanol–water partition coefficient (Wildman–Crippen LogP) is 3.01. The quantitative estimate of drug-likeness (QED) is 0.681. The maximum absolute atomic E-state index is 12.4. The van der Waals surface area contributed by atoms with Gasteiger partial charge in [0.15, 0.2) is 6.61 Å². The number of hydrogen-bond acceptors (Lipinski definition) is 6. The molecule has 2 fully saturated rings. The van der Waals surface area contributed by atoms with Crippen molar-refractivity contribution in [3.8, 4) is 5.75 Å². The van der Waals surface area contributed by atoms with E-state index in [4.69, 9.17) is 20.8 Å². The lowest BCUT2D eigenvalue weighted by molar-refractivity contribution is -0.134. The van der Waals surface area contributed by atoms with E-state index in [1.54, 1.807) is 4.90 Å². The molecule has 8 heteroatoms. The van der Waals surface area contributed by atoms with Crippen molar-refractivity contribution in [3.05, 3.63) is 57.6 Å². The molecule has 3 heterocycles. The molecule has 0 bridgehead atoms. The lowest BCUT2D eigenvalue weighted by atomic mass is 10.1. The summed E-state index contributed by atoms with van der Waals surface area (Å²) in [4.78, 5) is 30.9. The van der Waals surface area contributed by atoms with Crippen LogP contribution in [-0.2, 0) is 11.3 Å². The van der Waals surface area contributed by atoms with Crippen LogP contribution in [0.15, 0.2) is 45.8 Å². The normalized spacial score (nSPS) is 17.6. The molecule has 0 N–H and O–H groups in total. The smallest absolute Gasteiger partial charge is 0.260 e. The molecule has 4 rings (SSSR count). The molecule has 166 valence electrons. The zero-order chi connectivity index (χ0) is 21.6. The first-order valence-electron chi connectivity index (χ1n) is 10.8. The van der Waals surface area contributed by atoms with Gasteiger partial charge in [-0.05, 0) is 37.5 Å². The first-order valence-corrected chi connectivity index (χ1v) is 11.2. The zero-order valence-electron chi connectivity index (χ0n) is 17.6. The topological polar surface area (TPSA) is 66.2 Å². The number of anilines is 1. The van der Waals surface area contributed by atoms with Crippen molar-refractivity contribution in [2.75, 3.05) is 50.8 Å². The predicted molar refractivity (Wildman–Crippen MR) is 120 cm³/mol. The Balaban J connectivity index is 1.27. The molecule has 1 aromatic heterocycles. The Morgan fingerprint density at radius 1 is 1.03 bits per heavy atom. The molecule has 0 unspecified atom stereocenters. The van der Waals surface area contributed by atoms with Crippen LogP contribution < -0.4 is 15.1 Å². The number of nitrogens with zero attached hydrogens (tertiary/aromatic N) is 3. The zero-order valence-corrected chi connectivity index (χ0v) is 18.4. The highest BCUT2D eigenvalue weighted by atomic mass is 35.5. The summed E-state index contributed by atoms with van der Waals surface area (Å²) in [5.74, 6) is 0.594. The number of benzene rings is 1. The Morgan fingerprint density at radius 3 is 2.52 bits per heavy atom. The molecule has 0 aliphatic carbocycles. The second kappa shape index (κ2) is 10.2. The maximum Gasteiger partial charge on any atom is 0.260 e. The first kappa shape index (κ1) is 21.7. The molecular formula is C23H28ClN3O4. The molecule has 0 atom stereocenters. The van der Waals surface area contributed by atoms with Crippen LogP contribution in [0.2, 0.25) is 5.02 Å². The van der Waals surface area contributed by atoms with Crippen LogP contribution in [-0.4, -0.2) is 61.6 Å². The fourth-order valence-corrected chi connectivity index (χ4v) is 4.24. The van der Waals surface area contributed by atoms with E-state index in [0.717, 1.165) is 69.2 Å². The molecule has 0 saturated carbocycles. The van der Waals surface area contributed by atoms with Gasteiger partial charge in [-0.3, -0.25) is 14.5 Å². The van der Waals surface area contributed by atoms with Gasteiger partial charge in [-0.1, -0.05) is 17.7 Å². The minimum absolute atomic E-state index is 0.0826. The Bertz CT molecular complexity index is 950. The molecule has 2 aliphatic rings. The Hall–Kier alpha value is -2.51. The van der Waals surface area contributed by atoms with Gasteiger partial charge in [0.05, 0.1) is 6.54 Å². The highest BCUT2D eigenvalue weighted by Crippen LogP contribution is 2.21. The van der Waals surface area contributed by atoms with E-state index in [-0.39, 0.29) is 23.7 Å². The summed E-state index contributed by atoms with van der Waals surface area (Å²) >= 11 is 6.10. The molecule has 0 radical (unpaired) electrons. The van der Waals surface area contributed by atoms with Crippen molar-refractivity contribution in [1.82, 2.24) is 9.80 Å². The van der Waals surface area contributed by atoms with Gasteiger partial charge in [-0.15, -0.1) is 0 Å². The summed E-state index contributed by atoms with van der Waals surface area (Å²) in [6.45, 7) is 5.44. The number of ether oxygens (including phenoxy) is 1. The van der Waals surface area contributed by atoms with Crippen molar-refractivity contribution >= 4 is 23.2 Å². The standard InChI is InChI=1S/C23H28ClN3O4/c24-18-5-4-6-19(13-18)26-11-9-25(10-12-26)15-20-14-21(28)22(16-30-20)31-17-23(29)27-7-2-1-3-8-27/h4-6,13-14,16H,1-3,7-12,15,17H2. The number of carbonyl (C=O) groups is 1. The van der Waals surface area contributed by atoms with Crippen molar-refractivity contribution in [1.29, 1.82) is 0 Å². The van der Waals surface area contributed by atoms with Crippen LogP contribution in [0.4, 0.5) is 5.69 Å². The monoisotopic (exact) mass is 445 g/mol. The van der Waals surface area contributed by atoms with Crippen LogP contribution in [0, 0.1) is 0 Å². The summed E-state index contributed by atoms with van der Waals surface area (Å²) < 4.78 is 11.1. The largest absolute Gasteiger partial charge is 0.477 e. The van der Waals surface area contributed by atoms with Gasteiger partial charge in [-0.2, -0.15) is 0 Å². The summed E-state index contributed by atoms with van der Waals surface area (Å²) in [5, 5.41) is 0.738. The average molecular weight is 446 g/mol. The fourth-order valence-electron chi connectivity index (χ4n) is 4.06. The number of amides is 1. The number of rotatable bonds is 6. The Kier molecular flexibility index (Phi) is 7.14. The molecule has 31 heavy (non-hydrogen) atoms. The maximum atomic E-state index is 12.4. The lowest BCUT2D eigenvalue weighted by Crippen LogP contribution is -2.46. The summed E-state index contributed by atoms with van der Waals surface area (Å²) in [7, 11) is 0. The molecule has 2 aromatic rings. The van der Waals surface area contributed by atoms with E-state index < -0.39 is 0 Å². The number of carbonyl (C=O) groups excluding carboxylic acids is 1. The minimum Gasteiger partial charge on any atom is -0.477 e. The molecule has 1 aromatic carbocycles. The molecule has 1 amide bonds. The SMILES string of the molecule is O=C(COc1coc(CN2CCN(c3cccc(Cl)c3)CC2)cc1=O)N1CCCCC1. The number of hydrogen-bond donors (Lipinski definition) is 0. The second-order valence-corrected chi connectivity index (χ2v) is 8.48. The third-order valence-electron chi connectivity index (χ3n) is 5.84. The van der Waals surface area contributed by atoms with Crippen LogP contribution >= 0.6 is 11.6 Å². The molecule has 7 nitrogen and oxygen atoms in total. The van der Waals surface area contributed by atoms with Crippen molar-refractivity contribution in [3.63, 3.8) is 0 Å². The van der Waals surface area contributed by atoms with Crippen molar-refractivity contribution in [2.24, 2.45) is 0 Å².